The van der Waals surface area contributed by atoms with Crippen molar-refractivity contribution in [3.63, 3.8) is 0 Å². The first kappa shape index (κ1) is 33.6. The van der Waals surface area contributed by atoms with E-state index in [1.807, 2.05) is 0 Å². The molecule has 0 saturated carbocycles. The number of hydrogen-bond donors (Lipinski definition) is 0. The summed E-state index contributed by atoms with van der Waals surface area (Å²) in [5.74, 6) is -1.03. The van der Waals surface area contributed by atoms with Gasteiger partial charge in [-0.2, -0.15) is 4.90 Å². The van der Waals surface area contributed by atoms with Gasteiger partial charge in [-0.25, -0.2) is 22.8 Å². The van der Waals surface area contributed by atoms with Crippen LogP contribution < -0.4 is 29.6 Å². The van der Waals surface area contributed by atoms with Crippen molar-refractivity contribution in [1.29, 1.82) is 0 Å². The fraction of sp³-hybridized carbons (Fsp3) is 0.842. The maximum Gasteiger partial charge on any atom is 1.00 e. The van der Waals surface area contributed by atoms with Crippen molar-refractivity contribution in [3.05, 3.63) is 0 Å². The molecule has 0 aromatic carbocycles. The average molecular weight is 508 g/mol. The molecule has 0 bridgehead atoms. The standard InChI is InChI=1S/C19H35NO9S2.Na/c1-17(2,3)27-14(21)13(11-10-12-30-31(24,25)26)20(15(22)28-18(4,5)6)16(23)29-19(7,8)9;/h13H,10-12H2,1-9H3,(H,24,25,26);/q;+1/p-1/t13-;/m0./s1. The third-order valence-corrected chi connectivity index (χ3v) is 5.13. The summed E-state index contributed by atoms with van der Waals surface area (Å²) in [6, 6.07) is -1.45. The van der Waals surface area contributed by atoms with Gasteiger partial charge in [-0.15, -0.1) is 0 Å². The van der Waals surface area contributed by atoms with Crippen LogP contribution in [0.5, 0.6) is 0 Å². The SMILES string of the molecule is CC(C)(C)OC(=O)[C@H](CCCSS(=O)(=O)[O-])N(C(=O)OC(C)(C)C)C(=O)OC(C)(C)C.[Na+]. The summed E-state index contributed by atoms with van der Waals surface area (Å²) >= 11 is 0. The predicted molar refractivity (Wildman–Crippen MR) is 115 cm³/mol. The molecule has 0 aromatic rings. The number of hydrogen-bond acceptors (Lipinski definition) is 10. The molecule has 0 radical (unpaired) electrons. The van der Waals surface area contributed by atoms with Gasteiger partial charge >= 0.3 is 47.7 Å². The number of rotatable bonds is 7. The Morgan fingerprint density at radius 2 is 1.22 bits per heavy atom. The zero-order valence-corrected chi connectivity index (χ0v) is 24.3. The molecule has 0 fully saturated rings. The number of imide groups is 1. The summed E-state index contributed by atoms with van der Waals surface area (Å²) in [6.07, 6.45) is -2.35. The van der Waals surface area contributed by atoms with Crippen LogP contribution >= 0.6 is 10.8 Å². The van der Waals surface area contributed by atoms with E-state index in [0.717, 1.165) is 0 Å². The van der Waals surface area contributed by atoms with E-state index in [9.17, 15) is 27.4 Å². The molecule has 0 aromatic heterocycles. The first-order chi connectivity index (χ1) is 13.6. The van der Waals surface area contributed by atoms with Gasteiger partial charge in [0.1, 0.15) is 32.0 Å². The van der Waals surface area contributed by atoms with E-state index in [1.54, 1.807) is 62.3 Å². The van der Waals surface area contributed by atoms with Crippen LogP contribution in [0.15, 0.2) is 0 Å². The Morgan fingerprint density at radius 3 is 1.53 bits per heavy atom. The van der Waals surface area contributed by atoms with Crippen molar-refractivity contribution < 1.29 is 71.1 Å². The van der Waals surface area contributed by atoms with E-state index in [1.165, 1.54) is 0 Å². The molecule has 10 nitrogen and oxygen atoms in total. The Balaban J connectivity index is 0. The molecule has 0 N–H and O–H groups in total. The van der Waals surface area contributed by atoms with E-state index in [2.05, 4.69) is 0 Å². The van der Waals surface area contributed by atoms with Crippen LogP contribution in [0.1, 0.15) is 75.2 Å². The molecular weight excluding hydrogens is 473 g/mol. The van der Waals surface area contributed by atoms with Crippen LogP contribution in [-0.2, 0) is 28.2 Å². The van der Waals surface area contributed by atoms with Crippen molar-refractivity contribution in [2.75, 3.05) is 5.75 Å². The predicted octanol–water partition coefficient (Wildman–Crippen LogP) is 0.847. The van der Waals surface area contributed by atoms with E-state index < -0.39 is 50.2 Å². The second-order valence-electron chi connectivity index (χ2n) is 9.75. The van der Waals surface area contributed by atoms with Crippen LogP contribution in [0.3, 0.4) is 0 Å². The number of carbonyl (C=O) groups excluding carboxylic acids is 3. The van der Waals surface area contributed by atoms with E-state index in [-0.39, 0.29) is 58.9 Å². The van der Waals surface area contributed by atoms with Gasteiger partial charge in [0.15, 0.2) is 0 Å². The number of esters is 1. The molecule has 2 amide bonds. The molecule has 182 valence electrons. The number of carbonyl (C=O) groups is 3. The van der Waals surface area contributed by atoms with Crippen molar-refractivity contribution in [1.82, 2.24) is 4.90 Å². The summed E-state index contributed by atoms with van der Waals surface area (Å²) < 4.78 is 48.4. The first-order valence-electron chi connectivity index (χ1n) is 9.69. The third-order valence-electron chi connectivity index (χ3n) is 3.02. The molecule has 0 aliphatic carbocycles. The van der Waals surface area contributed by atoms with Gasteiger partial charge in [-0.05, 0) is 85.9 Å². The minimum atomic E-state index is -4.52. The third kappa shape index (κ3) is 16.1. The number of ether oxygens (including phenoxy) is 3. The van der Waals surface area contributed by atoms with Crippen LogP contribution in [0.2, 0.25) is 0 Å². The fourth-order valence-electron chi connectivity index (χ4n) is 2.11. The summed E-state index contributed by atoms with van der Waals surface area (Å²) in [6.45, 7) is 14.4. The van der Waals surface area contributed by atoms with Crippen molar-refractivity contribution in [2.24, 2.45) is 0 Å². The molecule has 0 unspecified atom stereocenters. The van der Waals surface area contributed by atoms with Crippen molar-refractivity contribution in [3.8, 4) is 0 Å². The molecule has 1 atom stereocenters. The quantitative estimate of drug-likeness (QED) is 0.122. The summed E-state index contributed by atoms with van der Waals surface area (Å²) in [4.78, 5) is 39.1. The second-order valence-corrected chi connectivity index (χ2v) is 13.1. The fourth-order valence-corrected chi connectivity index (χ4v) is 3.57. The van der Waals surface area contributed by atoms with Gasteiger partial charge < -0.3 is 18.8 Å². The normalized spacial score (nSPS) is 13.4. The Labute approximate surface area is 216 Å². The largest absolute Gasteiger partial charge is 1.00 e. The van der Waals surface area contributed by atoms with Crippen LogP contribution in [-0.4, -0.2) is 64.6 Å². The molecule has 0 aliphatic heterocycles. The Morgan fingerprint density at radius 1 is 0.844 bits per heavy atom. The van der Waals surface area contributed by atoms with Crippen molar-refractivity contribution in [2.45, 2.75) is 98.0 Å². The van der Waals surface area contributed by atoms with Crippen LogP contribution in [0.25, 0.3) is 0 Å². The monoisotopic (exact) mass is 507 g/mol. The number of amides is 2. The molecule has 0 heterocycles. The molecule has 0 rings (SSSR count). The maximum absolute atomic E-state index is 12.9. The van der Waals surface area contributed by atoms with Gasteiger partial charge in [0, 0.05) is 5.75 Å². The van der Waals surface area contributed by atoms with E-state index in [4.69, 9.17) is 14.2 Å². The molecule has 0 spiro atoms. The summed E-state index contributed by atoms with van der Waals surface area (Å²) in [7, 11) is -4.36. The molecule has 0 aliphatic rings. The molecule has 0 saturated heterocycles. The van der Waals surface area contributed by atoms with Crippen LogP contribution in [0, 0.1) is 0 Å². The van der Waals surface area contributed by atoms with E-state index >= 15 is 0 Å². The Bertz CT molecular complexity index is 722. The molecule has 32 heavy (non-hydrogen) atoms. The topological polar surface area (TPSA) is 139 Å². The Kier molecular flexibility index (Phi) is 13.5. The number of nitrogens with zero attached hydrogens (tertiary/aromatic N) is 1. The molecule has 13 heteroatoms. The molecular formula is C19H34NNaO9S2. The second kappa shape index (κ2) is 12.8. The van der Waals surface area contributed by atoms with Gasteiger partial charge in [-0.1, -0.05) is 0 Å². The van der Waals surface area contributed by atoms with Gasteiger partial charge in [0.25, 0.3) is 0 Å². The van der Waals surface area contributed by atoms with Gasteiger partial charge in [0.05, 0.1) is 0 Å². The van der Waals surface area contributed by atoms with Gasteiger partial charge in [0.2, 0.25) is 0 Å². The summed E-state index contributed by atoms with van der Waals surface area (Å²) in [5.41, 5.74) is -2.86. The Hall–Kier alpha value is -0.530. The van der Waals surface area contributed by atoms with E-state index in [0.29, 0.717) is 4.90 Å². The van der Waals surface area contributed by atoms with Crippen LogP contribution in [0.4, 0.5) is 9.59 Å². The van der Waals surface area contributed by atoms with Gasteiger partial charge in [-0.3, -0.25) is 0 Å². The minimum absolute atomic E-state index is 0. The zero-order chi connectivity index (χ0) is 24.8. The average Bonchev–Trinajstić information content (AvgIpc) is 2.43. The minimum Gasteiger partial charge on any atom is -0.739 e. The van der Waals surface area contributed by atoms with Crippen molar-refractivity contribution >= 4 is 38.1 Å². The first-order valence-corrected chi connectivity index (χ1v) is 12.6. The zero-order valence-electron chi connectivity index (χ0n) is 20.6. The summed E-state index contributed by atoms with van der Waals surface area (Å²) in [5, 5.41) is 0. The maximum atomic E-state index is 12.9. The smallest absolute Gasteiger partial charge is 0.739 e.